The quantitative estimate of drug-likeness (QED) is 0.167. The molecule has 0 saturated heterocycles. The van der Waals surface area contributed by atoms with Gasteiger partial charge in [-0.3, -0.25) is 14.8 Å². The van der Waals surface area contributed by atoms with Gasteiger partial charge in [-0.15, -0.1) is 0 Å². The first kappa shape index (κ1) is 23.3. The number of rotatable bonds is 7. The lowest BCUT2D eigenvalue weighted by Gasteiger charge is -2.13. The topological polar surface area (TPSA) is 140 Å². The van der Waals surface area contributed by atoms with Crippen LogP contribution in [0.3, 0.4) is 0 Å². The van der Waals surface area contributed by atoms with Crippen molar-refractivity contribution in [2.45, 2.75) is 20.5 Å². The summed E-state index contributed by atoms with van der Waals surface area (Å²) in [4.78, 5) is 33.0. The number of pyridine rings is 2. The second kappa shape index (κ2) is 10.8. The van der Waals surface area contributed by atoms with Crippen molar-refractivity contribution in [1.82, 2.24) is 15.4 Å². The average molecular weight is 445 g/mol. The van der Waals surface area contributed by atoms with E-state index in [4.69, 9.17) is 10.5 Å². The summed E-state index contributed by atoms with van der Waals surface area (Å²) in [5.41, 5.74) is 11.4. The monoisotopic (exact) mass is 445 g/mol. The highest BCUT2D eigenvalue weighted by Gasteiger charge is 2.17. The van der Waals surface area contributed by atoms with E-state index in [0.29, 0.717) is 39.2 Å². The molecule has 0 fully saturated rings. The molecule has 0 aliphatic heterocycles. The third-order valence-corrected chi connectivity index (χ3v) is 4.69. The van der Waals surface area contributed by atoms with Crippen molar-refractivity contribution < 1.29 is 19.4 Å². The van der Waals surface area contributed by atoms with Gasteiger partial charge in [-0.25, -0.2) is 10.2 Å². The zero-order chi connectivity index (χ0) is 23.8. The molecule has 0 aliphatic carbocycles. The number of aromatic nitrogens is 2. The molecule has 2 heterocycles. The maximum absolute atomic E-state index is 12.8. The van der Waals surface area contributed by atoms with E-state index in [-0.39, 0.29) is 12.4 Å². The molecule has 0 unspecified atom stereocenters. The second-order valence-corrected chi connectivity index (χ2v) is 7.05. The normalized spacial score (nSPS) is 11.4. The molecule has 33 heavy (non-hydrogen) atoms. The number of aliphatic hydroxyl groups excluding tert-OH is 1. The van der Waals surface area contributed by atoms with Crippen molar-refractivity contribution in [2.24, 2.45) is 5.10 Å². The number of nitrogen functional groups attached to an aromatic ring is 1. The highest BCUT2D eigenvalue weighted by Crippen LogP contribution is 2.25. The van der Waals surface area contributed by atoms with Gasteiger partial charge in [-0.2, -0.15) is 5.10 Å². The Morgan fingerprint density at radius 1 is 1.21 bits per heavy atom. The average Bonchev–Trinajstić information content (AvgIpc) is 2.83. The number of aryl methyl sites for hydroxylation is 1. The molecule has 1 aromatic carbocycles. The Morgan fingerprint density at radius 2 is 1.94 bits per heavy atom. The summed E-state index contributed by atoms with van der Waals surface area (Å²) in [7, 11) is 0. The van der Waals surface area contributed by atoms with E-state index >= 15 is 0 Å². The number of para-hydroxylation sites is 1. The van der Waals surface area contributed by atoms with Crippen LogP contribution in [0, 0.1) is 6.92 Å². The number of anilines is 1. The van der Waals surface area contributed by atoms with E-state index in [0.717, 1.165) is 0 Å². The van der Waals surface area contributed by atoms with Crippen LogP contribution in [0.25, 0.3) is 6.08 Å². The number of nitrogens with zero attached hydrogens (tertiary/aromatic N) is 3. The summed E-state index contributed by atoms with van der Waals surface area (Å²) in [6.45, 7) is 2.90. The van der Waals surface area contributed by atoms with Crippen LogP contribution in [-0.4, -0.2) is 33.2 Å². The Morgan fingerprint density at radius 3 is 2.64 bits per heavy atom. The Kier molecular flexibility index (Phi) is 7.61. The highest BCUT2D eigenvalue weighted by molar-refractivity contribution is 5.98. The van der Waals surface area contributed by atoms with Crippen molar-refractivity contribution >= 4 is 29.9 Å². The predicted octanol–water partition coefficient (Wildman–Crippen LogP) is 2.63. The number of carbonyl (C=O) groups excluding carboxylic acids is 2. The van der Waals surface area contributed by atoms with Crippen LogP contribution in [0.1, 0.15) is 39.7 Å². The summed E-state index contributed by atoms with van der Waals surface area (Å²) < 4.78 is 5.60. The fraction of sp³-hybridized carbons (Fsp3) is 0.125. The zero-order valence-corrected chi connectivity index (χ0v) is 18.1. The van der Waals surface area contributed by atoms with Crippen LogP contribution in [0.2, 0.25) is 0 Å². The minimum Gasteiger partial charge on any atom is -0.421 e. The van der Waals surface area contributed by atoms with Gasteiger partial charge in [-0.05, 0) is 43.7 Å². The van der Waals surface area contributed by atoms with Gasteiger partial charge in [0.1, 0.15) is 0 Å². The van der Waals surface area contributed by atoms with Gasteiger partial charge >= 0.3 is 5.97 Å². The van der Waals surface area contributed by atoms with Gasteiger partial charge in [0, 0.05) is 46.5 Å². The molecule has 0 bridgehead atoms. The molecular formula is C24H23N5O4. The highest BCUT2D eigenvalue weighted by atomic mass is 16.5. The van der Waals surface area contributed by atoms with Crippen molar-refractivity contribution in [3.8, 4) is 5.75 Å². The second-order valence-electron chi connectivity index (χ2n) is 7.05. The minimum absolute atomic E-state index is 0.127. The third-order valence-electron chi connectivity index (χ3n) is 4.69. The molecule has 3 aromatic rings. The Balaban J connectivity index is 1.85. The van der Waals surface area contributed by atoms with Crippen LogP contribution in [0.5, 0.6) is 5.75 Å². The summed E-state index contributed by atoms with van der Waals surface area (Å²) in [5.74, 6) is -0.932. The lowest BCUT2D eigenvalue weighted by molar-refractivity contribution is -0.130. The molecule has 4 N–H and O–H groups in total. The van der Waals surface area contributed by atoms with Crippen LogP contribution in [0.15, 0.2) is 65.7 Å². The Hall–Kier alpha value is -4.37. The van der Waals surface area contributed by atoms with E-state index < -0.39 is 11.9 Å². The fourth-order valence-corrected chi connectivity index (χ4v) is 2.87. The third kappa shape index (κ3) is 5.86. The number of aliphatic hydroxyl groups is 1. The number of hydrogen-bond donors (Lipinski definition) is 3. The van der Waals surface area contributed by atoms with Crippen LogP contribution < -0.4 is 15.9 Å². The molecule has 0 aliphatic rings. The number of benzene rings is 1. The Labute approximate surface area is 190 Å². The molecule has 2 aromatic heterocycles. The molecular weight excluding hydrogens is 422 g/mol. The van der Waals surface area contributed by atoms with E-state index in [9.17, 15) is 14.7 Å². The number of carbonyl (C=O) groups is 2. The maximum Gasteiger partial charge on any atom is 0.339 e. The number of ether oxygens (including phenoxy) is 1. The first-order valence-corrected chi connectivity index (χ1v) is 9.98. The van der Waals surface area contributed by atoms with Gasteiger partial charge < -0.3 is 15.6 Å². The number of esters is 1. The summed E-state index contributed by atoms with van der Waals surface area (Å²) >= 11 is 0. The molecule has 1 amide bonds. The summed E-state index contributed by atoms with van der Waals surface area (Å²) in [6.07, 6.45) is 7.36. The number of nitrogens with one attached hydrogen (secondary N) is 1. The fourth-order valence-electron chi connectivity index (χ4n) is 2.87. The van der Waals surface area contributed by atoms with Gasteiger partial charge in [0.05, 0.1) is 18.5 Å². The molecule has 168 valence electrons. The van der Waals surface area contributed by atoms with Gasteiger partial charge in [0.25, 0.3) is 5.91 Å². The van der Waals surface area contributed by atoms with Gasteiger partial charge in [0.2, 0.25) is 0 Å². The molecule has 9 heteroatoms. The number of hydrogen-bond acceptors (Lipinski definition) is 8. The summed E-state index contributed by atoms with van der Waals surface area (Å²) in [5, 5.41) is 13.7. The first-order chi connectivity index (χ1) is 15.9. The smallest absolute Gasteiger partial charge is 0.339 e. The molecule has 0 atom stereocenters. The first-order valence-electron chi connectivity index (χ1n) is 9.98. The van der Waals surface area contributed by atoms with Crippen molar-refractivity contribution in [2.75, 3.05) is 5.73 Å². The molecule has 0 spiro atoms. The van der Waals surface area contributed by atoms with Gasteiger partial charge in [0.15, 0.2) is 5.75 Å². The number of hydrazone groups is 1. The number of nitrogens with two attached hydrogens (primary N) is 1. The largest absolute Gasteiger partial charge is 0.421 e. The molecule has 9 nitrogen and oxygen atoms in total. The molecule has 0 saturated carbocycles. The maximum atomic E-state index is 12.8. The van der Waals surface area contributed by atoms with Crippen molar-refractivity contribution in [3.05, 3.63) is 88.5 Å². The standard InChI is InChI=1S/C24H23N5O4/c1-15(11-18-5-3-4-6-21(18)25)24(32)33-22-16(2)27-12-19(14-30)20(22)13-28-29-23(31)17-7-9-26-10-8-17/h3-13,30H,14,25H2,1-2H3,(H,29,31)/b15-11+,28-13+. The zero-order valence-electron chi connectivity index (χ0n) is 18.1. The lowest BCUT2D eigenvalue weighted by atomic mass is 10.1. The van der Waals surface area contributed by atoms with Crippen LogP contribution in [-0.2, 0) is 11.4 Å². The van der Waals surface area contributed by atoms with Crippen LogP contribution >= 0.6 is 0 Å². The van der Waals surface area contributed by atoms with Crippen molar-refractivity contribution in [3.63, 3.8) is 0 Å². The van der Waals surface area contributed by atoms with Crippen molar-refractivity contribution in [1.29, 1.82) is 0 Å². The Bertz CT molecular complexity index is 1220. The summed E-state index contributed by atoms with van der Waals surface area (Å²) in [6, 6.07) is 10.2. The molecule has 0 radical (unpaired) electrons. The predicted molar refractivity (Wildman–Crippen MR) is 124 cm³/mol. The lowest BCUT2D eigenvalue weighted by Crippen LogP contribution is -2.18. The molecule has 3 rings (SSSR count). The van der Waals surface area contributed by atoms with Crippen LogP contribution in [0.4, 0.5) is 5.69 Å². The minimum atomic E-state index is -0.617. The van der Waals surface area contributed by atoms with E-state index in [2.05, 4.69) is 20.5 Å². The van der Waals surface area contributed by atoms with E-state index in [1.54, 1.807) is 50.3 Å². The van der Waals surface area contributed by atoms with E-state index in [1.165, 1.54) is 24.8 Å². The number of amides is 1. The SMILES string of the molecule is C/C(=C\c1ccccc1N)C(=O)Oc1c(C)ncc(CO)c1/C=N/NC(=O)c1ccncc1. The van der Waals surface area contributed by atoms with Gasteiger partial charge in [-0.1, -0.05) is 18.2 Å². The van der Waals surface area contributed by atoms with E-state index in [1.807, 2.05) is 6.07 Å².